The van der Waals surface area contributed by atoms with Crippen molar-refractivity contribution in [2.75, 3.05) is 0 Å². The van der Waals surface area contributed by atoms with E-state index in [1.165, 1.54) is 33.4 Å². The van der Waals surface area contributed by atoms with Crippen molar-refractivity contribution >= 4 is 34.4 Å². The van der Waals surface area contributed by atoms with Crippen molar-refractivity contribution in [3.63, 3.8) is 0 Å². The zero-order chi connectivity index (χ0) is 28.5. The van der Waals surface area contributed by atoms with Crippen molar-refractivity contribution < 1.29 is 41.6 Å². The number of hydrogen-bond acceptors (Lipinski definition) is 3. The van der Waals surface area contributed by atoms with Crippen LogP contribution in [0.15, 0.2) is 46.4 Å². The molecule has 0 amide bonds. The van der Waals surface area contributed by atoms with E-state index in [-0.39, 0.29) is 41.6 Å². The van der Waals surface area contributed by atoms with Crippen LogP contribution in [0, 0.1) is 13.8 Å². The molecule has 42 heavy (non-hydrogen) atoms. The molecule has 1 heterocycles. The standard InChI is InChI=1S/C35H46ClN3.2ClH.Co/c1-9-13-27-17-23(5)18-28(14-10-2)34(27)37-25(7)32-21-31(36)22-33(39-32)26(8)38-35-29(15-11-3)19-24(6)20-30(35)16-12-4;;;/h17-22H,9-16H2,1-8H3;2*1H;/q;;;+2/p-2. The minimum absolute atomic E-state index is 0. The number of nitrogens with zero attached hydrogens (tertiary/aromatic N) is 3. The third kappa shape index (κ3) is 10.8. The molecule has 0 fully saturated rings. The average molecular weight is 674 g/mol. The second-order valence-corrected chi connectivity index (χ2v) is 11.3. The van der Waals surface area contributed by atoms with E-state index in [9.17, 15) is 0 Å². The van der Waals surface area contributed by atoms with Gasteiger partial charge in [-0.05, 0) is 87.8 Å². The number of hydrogen-bond donors (Lipinski definition) is 0. The zero-order valence-corrected chi connectivity index (χ0v) is 29.7. The monoisotopic (exact) mass is 672 g/mol. The van der Waals surface area contributed by atoms with Crippen molar-refractivity contribution in [3.8, 4) is 0 Å². The van der Waals surface area contributed by atoms with E-state index in [4.69, 9.17) is 26.6 Å². The zero-order valence-electron chi connectivity index (χ0n) is 26.4. The second-order valence-electron chi connectivity index (χ2n) is 10.8. The van der Waals surface area contributed by atoms with E-state index in [0.717, 1.165) is 85.6 Å². The van der Waals surface area contributed by atoms with Gasteiger partial charge in [-0.25, -0.2) is 4.98 Å². The Kier molecular flexibility index (Phi) is 18.8. The predicted octanol–water partition coefficient (Wildman–Crippen LogP) is 4.45. The normalized spacial score (nSPS) is 11.5. The van der Waals surface area contributed by atoms with E-state index in [1.807, 2.05) is 26.0 Å². The maximum Gasteiger partial charge on any atom is 2.00 e. The topological polar surface area (TPSA) is 37.6 Å². The quantitative estimate of drug-likeness (QED) is 0.262. The Balaban J connectivity index is 0.00000560. The summed E-state index contributed by atoms with van der Waals surface area (Å²) in [5, 5.41) is 0.650. The van der Waals surface area contributed by atoms with Crippen LogP contribution in [0.5, 0.6) is 0 Å². The molecule has 0 bridgehead atoms. The Labute approximate surface area is 282 Å². The first-order valence-corrected chi connectivity index (χ1v) is 15.1. The summed E-state index contributed by atoms with van der Waals surface area (Å²) in [4.78, 5) is 15.4. The van der Waals surface area contributed by atoms with Gasteiger partial charge in [0.1, 0.15) is 0 Å². The van der Waals surface area contributed by atoms with Gasteiger partial charge < -0.3 is 24.8 Å². The largest absolute Gasteiger partial charge is 2.00 e. The molecule has 3 aromatic rings. The van der Waals surface area contributed by atoms with Gasteiger partial charge in [0.2, 0.25) is 0 Å². The Morgan fingerprint density at radius 1 is 0.595 bits per heavy atom. The van der Waals surface area contributed by atoms with E-state index in [0.29, 0.717) is 5.02 Å². The van der Waals surface area contributed by atoms with Crippen LogP contribution in [-0.4, -0.2) is 16.4 Å². The molecule has 0 spiro atoms. The number of pyridine rings is 1. The molecule has 0 aliphatic heterocycles. The van der Waals surface area contributed by atoms with Gasteiger partial charge in [0.25, 0.3) is 0 Å². The predicted molar refractivity (Wildman–Crippen MR) is 171 cm³/mol. The Hall–Kier alpha value is -1.69. The molecular weight excluding hydrogens is 628 g/mol. The molecule has 0 atom stereocenters. The van der Waals surface area contributed by atoms with Gasteiger partial charge in [-0.3, -0.25) is 9.98 Å². The molecule has 0 aliphatic rings. The summed E-state index contributed by atoms with van der Waals surface area (Å²) >= 11 is 6.66. The summed E-state index contributed by atoms with van der Waals surface area (Å²) in [7, 11) is 0. The van der Waals surface area contributed by atoms with E-state index in [1.54, 1.807) is 0 Å². The summed E-state index contributed by atoms with van der Waals surface area (Å²) in [5.74, 6) is 0. The Morgan fingerprint density at radius 2 is 0.881 bits per heavy atom. The first-order valence-electron chi connectivity index (χ1n) is 14.7. The van der Waals surface area contributed by atoms with Crippen LogP contribution < -0.4 is 24.8 Å². The smallest absolute Gasteiger partial charge is 1.00 e. The number of benzene rings is 2. The number of aryl methyl sites for hydroxylation is 6. The summed E-state index contributed by atoms with van der Waals surface area (Å²) in [6.07, 6.45) is 8.41. The summed E-state index contributed by atoms with van der Waals surface area (Å²) in [5.41, 5.74) is 13.4. The minimum Gasteiger partial charge on any atom is -1.00 e. The molecule has 0 saturated carbocycles. The van der Waals surface area contributed by atoms with Crippen LogP contribution in [-0.2, 0) is 42.5 Å². The molecule has 1 radical (unpaired) electrons. The van der Waals surface area contributed by atoms with Crippen LogP contribution in [0.3, 0.4) is 0 Å². The Bertz CT molecular complexity index is 1210. The summed E-state index contributed by atoms with van der Waals surface area (Å²) in [6, 6.07) is 13.0. The van der Waals surface area contributed by atoms with Gasteiger partial charge in [-0.2, -0.15) is 0 Å². The van der Waals surface area contributed by atoms with E-state index < -0.39 is 0 Å². The number of aromatic nitrogens is 1. The molecule has 3 nitrogen and oxygen atoms in total. The molecule has 231 valence electrons. The molecule has 1 aromatic heterocycles. The van der Waals surface area contributed by atoms with Gasteiger partial charge in [0.15, 0.2) is 0 Å². The average Bonchev–Trinajstić information content (AvgIpc) is 2.88. The van der Waals surface area contributed by atoms with Crippen LogP contribution in [0.4, 0.5) is 11.4 Å². The minimum atomic E-state index is 0. The van der Waals surface area contributed by atoms with Crippen molar-refractivity contribution in [2.24, 2.45) is 9.98 Å². The van der Waals surface area contributed by atoms with Gasteiger partial charge in [-0.1, -0.05) is 100 Å². The molecule has 7 heteroatoms. The SMILES string of the molecule is CCCc1cc(C)cc(CCC)c1N=C(C)c1cc(Cl)cc(C(C)=Nc2c(CCC)cc(C)cc2CCC)n1.[Cl-].[Cl-].[Co+2]. The molecule has 3 rings (SSSR count). The number of halogens is 3. The van der Waals surface area contributed by atoms with Crippen molar-refractivity contribution in [1.82, 2.24) is 4.98 Å². The second kappa shape index (κ2) is 19.6. The molecule has 0 saturated heterocycles. The third-order valence-corrected chi connectivity index (χ3v) is 7.21. The van der Waals surface area contributed by atoms with Gasteiger partial charge >= 0.3 is 16.8 Å². The van der Waals surface area contributed by atoms with Crippen LogP contribution in [0.2, 0.25) is 5.02 Å². The fraction of sp³-hybridized carbons (Fsp3) is 0.457. The first-order chi connectivity index (χ1) is 18.7. The number of rotatable bonds is 12. The first kappa shape index (κ1) is 40.3. The van der Waals surface area contributed by atoms with Crippen LogP contribution in [0.25, 0.3) is 0 Å². The maximum atomic E-state index is 6.66. The maximum absolute atomic E-state index is 6.66. The van der Waals surface area contributed by atoms with Crippen molar-refractivity contribution in [3.05, 3.63) is 86.2 Å². The number of aliphatic imine (C=N–C) groups is 2. The summed E-state index contributed by atoms with van der Waals surface area (Å²) < 4.78 is 0. The molecule has 2 aromatic carbocycles. The van der Waals surface area contributed by atoms with Gasteiger partial charge in [-0.15, -0.1) is 0 Å². The van der Waals surface area contributed by atoms with Crippen LogP contribution >= 0.6 is 11.6 Å². The fourth-order valence-corrected chi connectivity index (χ4v) is 5.52. The molecule has 0 unspecified atom stereocenters. The fourth-order valence-electron chi connectivity index (χ4n) is 5.31. The molecule has 0 aliphatic carbocycles. The van der Waals surface area contributed by atoms with Crippen molar-refractivity contribution in [2.45, 2.75) is 107 Å². The summed E-state index contributed by atoms with van der Waals surface area (Å²) in [6.45, 7) is 17.3. The molecule has 0 N–H and O–H groups in total. The van der Waals surface area contributed by atoms with E-state index in [2.05, 4.69) is 65.8 Å². The van der Waals surface area contributed by atoms with Gasteiger partial charge in [0, 0.05) is 5.02 Å². The van der Waals surface area contributed by atoms with E-state index >= 15 is 0 Å². The third-order valence-electron chi connectivity index (χ3n) is 6.99. The van der Waals surface area contributed by atoms with Gasteiger partial charge in [0.05, 0.1) is 34.2 Å². The molecular formula is C35H46Cl3CoN3. The van der Waals surface area contributed by atoms with Crippen molar-refractivity contribution in [1.29, 1.82) is 0 Å². The Morgan fingerprint density at radius 3 is 1.14 bits per heavy atom. The van der Waals surface area contributed by atoms with Crippen LogP contribution in [0.1, 0.15) is 112 Å².